The van der Waals surface area contributed by atoms with Gasteiger partial charge >= 0.3 is 0 Å². The van der Waals surface area contributed by atoms with Crippen molar-refractivity contribution in [3.63, 3.8) is 0 Å². The molecule has 3 unspecified atom stereocenters. The molecule has 0 bridgehead atoms. The van der Waals surface area contributed by atoms with Crippen LogP contribution in [0.4, 0.5) is 0 Å². The Morgan fingerprint density at radius 2 is 1.48 bits per heavy atom. The summed E-state index contributed by atoms with van der Waals surface area (Å²) in [6.45, 7) is -0.333. The zero-order chi connectivity index (χ0) is 33.7. The third kappa shape index (κ3) is 7.15. The van der Waals surface area contributed by atoms with E-state index in [-0.39, 0.29) is 37.8 Å². The lowest BCUT2D eigenvalue weighted by atomic mass is 9.76. The Labute approximate surface area is 266 Å². The van der Waals surface area contributed by atoms with Crippen molar-refractivity contribution in [1.29, 1.82) is 0 Å². The molecule has 17 atom stereocenters. The van der Waals surface area contributed by atoms with Crippen LogP contribution in [0.25, 0.3) is 0 Å². The van der Waals surface area contributed by atoms with E-state index in [0.717, 1.165) is 12.8 Å². The summed E-state index contributed by atoms with van der Waals surface area (Å²) in [4.78, 5) is 13.1. The molecular formula is C28H52N6O12. The molecule has 0 aromatic heterocycles. The second-order valence-electron chi connectivity index (χ2n) is 13.8. The normalized spacial score (nSPS) is 52.6. The topological polar surface area (TPSA) is 338 Å². The van der Waals surface area contributed by atoms with E-state index in [2.05, 4.69) is 5.32 Å². The second kappa shape index (κ2) is 14.5. The van der Waals surface area contributed by atoms with E-state index in [1.807, 2.05) is 0 Å². The van der Waals surface area contributed by atoms with Crippen molar-refractivity contribution in [2.24, 2.45) is 40.5 Å². The maximum Gasteiger partial charge on any atom is 0.186 e. The van der Waals surface area contributed by atoms with Gasteiger partial charge in [0.1, 0.15) is 54.4 Å². The van der Waals surface area contributed by atoms with Crippen LogP contribution in [-0.2, 0) is 23.7 Å². The molecule has 2 heterocycles. The number of hydrogen-bond donors (Lipinski definition) is 13. The predicted octanol–water partition coefficient (Wildman–Crippen LogP) is -7.25. The summed E-state index contributed by atoms with van der Waals surface area (Å²) < 4.78 is 23.9. The highest BCUT2D eigenvalue weighted by atomic mass is 16.7. The van der Waals surface area contributed by atoms with Crippen LogP contribution in [0, 0.1) is 11.8 Å². The van der Waals surface area contributed by atoms with Gasteiger partial charge in [0.2, 0.25) is 0 Å². The Morgan fingerprint density at radius 3 is 2.07 bits per heavy atom. The molecule has 5 rings (SSSR count). The van der Waals surface area contributed by atoms with Crippen LogP contribution in [0.5, 0.6) is 0 Å². The van der Waals surface area contributed by atoms with E-state index in [4.69, 9.17) is 47.6 Å². The molecule has 0 aromatic rings. The first-order valence-corrected chi connectivity index (χ1v) is 16.0. The lowest BCUT2D eigenvalue weighted by Crippen LogP contribution is -2.68. The highest BCUT2D eigenvalue weighted by molar-refractivity contribution is 5.91. The Hall–Kier alpha value is -1.01. The van der Waals surface area contributed by atoms with Crippen molar-refractivity contribution < 1.29 is 59.5 Å². The molecule has 46 heavy (non-hydrogen) atoms. The number of rotatable bonds is 12. The molecule has 2 saturated heterocycles. The van der Waals surface area contributed by atoms with E-state index >= 15 is 0 Å². The standard InChI is InChI=1S/C28H52N6O12/c29-6-13-20(38)22(40)18(34-7-9-1-11(30)2-9)26(43-13)46-25-12(31)3-10(4-16(36)28(42)5-15(28)32)24(23(25)41)45-27-21(39)17(33)19(37)14(8-35)44-27/h9-15,17-27,34-35,37-42H,1-8,29-33H2/t9?,10-,11?,12-,13+,14+,15?,17-,18+,19+,20+,21+,22+,23+,24-,25?,26+,27+,28?/m0/s1. The molecule has 0 amide bonds. The number of carbonyl (C=O) groups is 1. The maximum atomic E-state index is 13.1. The molecule has 18 heteroatoms. The molecule has 5 aliphatic rings. The summed E-state index contributed by atoms with van der Waals surface area (Å²) in [6.07, 6.45) is -13.4. The highest BCUT2D eigenvalue weighted by Crippen LogP contribution is 2.41. The minimum absolute atomic E-state index is 0.0284. The van der Waals surface area contributed by atoms with Crippen molar-refractivity contribution in [2.75, 3.05) is 19.7 Å². The fraction of sp³-hybridized carbons (Fsp3) is 0.964. The molecule has 2 aliphatic heterocycles. The smallest absolute Gasteiger partial charge is 0.186 e. The van der Waals surface area contributed by atoms with Crippen LogP contribution in [0.3, 0.4) is 0 Å². The molecule has 18 nitrogen and oxygen atoms in total. The maximum absolute atomic E-state index is 13.1. The largest absolute Gasteiger partial charge is 0.394 e. The molecule has 3 saturated carbocycles. The third-order valence-corrected chi connectivity index (χ3v) is 10.4. The average molecular weight is 665 g/mol. The molecule has 18 N–H and O–H groups in total. The van der Waals surface area contributed by atoms with Gasteiger partial charge in [0.25, 0.3) is 0 Å². The number of carbonyl (C=O) groups excluding carboxylic acids is 1. The Bertz CT molecular complexity index is 1040. The Kier molecular flexibility index (Phi) is 11.4. The van der Waals surface area contributed by atoms with Gasteiger partial charge in [0.05, 0.1) is 24.8 Å². The number of hydrogen-bond acceptors (Lipinski definition) is 18. The fourth-order valence-corrected chi connectivity index (χ4v) is 7.18. The third-order valence-electron chi connectivity index (χ3n) is 10.4. The summed E-state index contributed by atoms with van der Waals surface area (Å²) in [5.41, 5.74) is 28.3. The van der Waals surface area contributed by atoms with Gasteiger partial charge in [-0.25, -0.2) is 0 Å². The number of nitrogens with two attached hydrogens (primary N) is 5. The van der Waals surface area contributed by atoms with Gasteiger partial charge < -0.3 is 88.7 Å². The highest BCUT2D eigenvalue weighted by Gasteiger charge is 2.58. The van der Waals surface area contributed by atoms with Crippen molar-refractivity contribution in [3.05, 3.63) is 0 Å². The summed E-state index contributed by atoms with van der Waals surface area (Å²) in [5.74, 6) is -1.15. The SMILES string of the molecule is NC[C@H]1O[C@H](OC2[C@@H](N)C[C@@H](CC(=O)C3(O)CC3N)[C@H](O[C@H]3O[C@H](CO)[C@@H](O)[C@H](N)[C@H]3O)[C@H]2O)[C@H](NCC2CC(N)C2)[C@@H](O)[C@@H]1O. The zero-order valence-corrected chi connectivity index (χ0v) is 25.6. The quantitative estimate of drug-likeness (QED) is 0.0921. The van der Waals surface area contributed by atoms with E-state index in [1.54, 1.807) is 0 Å². The van der Waals surface area contributed by atoms with Crippen LogP contribution in [0.1, 0.15) is 32.1 Å². The molecule has 3 aliphatic carbocycles. The zero-order valence-electron chi connectivity index (χ0n) is 25.6. The van der Waals surface area contributed by atoms with Crippen LogP contribution < -0.4 is 34.0 Å². The van der Waals surface area contributed by atoms with Crippen molar-refractivity contribution in [3.8, 4) is 0 Å². The molecule has 266 valence electrons. The van der Waals surface area contributed by atoms with Gasteiger partial charge in [-0.1, -0.05) is 0 Å². The van der Waals surface area contributed by atoms with Gasteiger partial charge in [-0.3, -0.25) is 4.79 Å². The molecule has 0 radical (unpaired) electrons. The van der Waals surface area contributed by atoms with Gasteiger partial charge in [-0.2, -0.15) is 0 Å². The fourth-order valence-electron chi connectivity index (χ4n) is 7.18. The van der Waals surface area contributed by atoms with E-state index < -0.39 is 116 Å². The number of nitrogens with one attached hydrogen (secondary N) is 1. The van der Waals surface area contributed by atoms with Gasteiger partial charge in [-0.15, -0.1) is 0 Å². The van der Waals surface area contributed by atoms with E-state index in [1.165, 1.54) is 0 Å². The number of ketones is 1. The number of ether oxygens (including phenoxy) is 4. The first-order valence-electron chi connectivity index (χ1n) is 16.0. The summed E-state index contributed by atoms with van der Waals surface area (Å²) in [6, 6.07) is -3.78. The second-order valence-corrected chi connectivity index (χ2v) is 13.8. The predicted molar refractivity (Wildman–Crippen MR) is 157 cm³/mol. The minimum atomic E-state index is -1.71. The van der Waals surface area contributed by atoms with Gasteiger partial charge in [-0.05, 0) is 37.6 Å². The Balaban J connectivity index is 1.36. The van der Waals surface area contributed by atoms with Gasteiger partial charge in [0.15, 0.2) is 18.4 Å². The van der Waals surface area contributed by atoms with Crippen molar-refractivity contribution in [2.45, 2.75) is 135 Å². The average Bonchev–Trinajstić information content (AvgIpc) is 3.63. The Morgan fingerprint density at radius 1 is 0.848 bits per heavy atom. The van der Waals surface area contributed by atoms with Gasteiger partial charge in [0, 0.05) is 37.5 Å². The number of aliphatic hydroxyl groups excluding tert-OH is 6. The molecule has 5 fully saturated rings. The molecular weight excluding hydrogens is 612 g/mol. The summed E-state index contributed by atoms with van der Waals surface area (Å²) in [5, 5.41) is 77.9. The first kappa shape index (κ1) is 36.3. The number of Topliss-reactive ketones (excluding diaryl/α,β-unsaturated/α-hetero) is 1. The summed E-state index contributed by atoms with van der Waals surface area (Å²) >= 11 is 0. The van der Waals surface area contributed by atoms with Crippen LogP contribution in [-0.4, -0.2) is 165 Å². The minimum Gasteiger partial charge on any atom is -0.394 e. The van der Waals surface area contributed by atoms with E-state index in [9.17, 15) is 40.5 Å². The van der Waals surface area contributed by atoms with Crippen molar-refractivity contribution in [1.82, 2.24) is 5.32 Å². The molecule has 0 aromatic carbocycles. The van der Waals surface area contributed by atoms with Crippen molar-refractivity contribution >= 4 is 5.78 Å². The first-order chi connectivity index (χ1) is 21.7. The lowest BCUT2D eigenvalue weighted by molar-refractivity contribution is -0.324. The number of aliphatic hydroxyl groups is 7. The lowest BCUT2D eigenvalue weighted by Gasteiger charge is -2.49. The van der Waals surface area contributed by atoms with Crippen LogP contribution in [0.2, 0.25) is 0 Å². The molecule has 0 spiro atoms. The van der Waals surface area contributed by atoms with E-state index in [0.29, 0.717) is 6.54 Å². The summed E-state index contributed by atoms with van der Waals surface area (Å²) in [7, 11) is 0. The van der Waals surface area contributed by atoms with Crippen LogP contribution in [0.15, 0.2) is 0 Å². The monoisotopic (exact) mass is 664 g/mol. The van der Waals surface area contributed by atoms with Crippen LogP contribution >= 0.6 is 0 Å².